The Morgan fingerprint density at radius 3 is 2.74 bits per heavy atom. The number of halogens is 1. The van der Waals surface area contributed by atoms with Crippen LogP contribution in [0, 0.1) is 12.7 Å². The summed E-state index contributed by atoms with van der Waals surface area (Å²) in [5.41, 5.74) is 1.62. The molecular weight excluding hydrogens is 341 g/mol. The highest BCUT2D eigenvalue weighted by molar-refractivity contribution is 5.98. The lowest BCUT2D eigenvalue weighted by Crippen LogP contribution is -2.07. The zero-order valence-electron chi connectivity index (χ0n) is 18.8. The van der Waals surface area contributed by atoms with E-state index in [1.807, 2.05) is 36.7 Å². The van der Waals surface area contributed by atoms with Gasteiger partial charge in [0.25, 0.3) is 0 Å². The predicted octanol–water partition coefficient (Wildman–Crippen LogP) is 4.51. The molecule has 2 aromatic heterocycles. The fourth-order valence-electron chi connectivity index (χ4n) is 2.96. The van der Waals surface area contributed by atoms with Gasteiger partial charge in [0.1, 0.15) is 11.6 Å². The van der Waals surface area contributed by atoms with Crippen molar-refractivity contribution in [1.82, 2.24) is 14.5 Å². The highest BCUT2D eigenvalue weighted by Gasteiger charge is 2.13. The third kappa shape index (κ3) is 3.24. The predicted molar refractivity (Wildman–Crippen MR) is 103 cm³/mol. The van der Waals surface area contributed by atoms with Gasteiger partial charge in [0.15, 0.2) is 5.78 Å². The van der Waals surface area contributed by atoms with E-state index < -0.39 is 41.3 Å². The van der Waals surface area contributed by atoms with E-state index in [9.17, 15) is 9.18 Å². The van der Waals surface area contributed by atoms with Crippen LogP contribution in [0.5, 0.6) is 0 Å². The number of aromatic nitrogens is 3. The second-order valence-corrected chi connectivity index (χ2v) is 6.28. The lowest BCUT2D eigenvalue weighted by Gasteiger charge is -2.07. The van der Waals surface area contributed by atoms with Crippen LogP contribution >= 0.6 is 0 Å². The molecule has 0 radical (unpaired) electrons. The molecular formula is C22H18FN3O. The molecule has 0 amide bonds. The van der Waals surface area contributed by atoms with Gasteiger partial charge in [0, 0.05) is 29.9 Å². The quantitative estimate of drug-likeness (QED) is 0.501. The number of imidazole rings is 1. The number of carbonyl (C=O) groups is 1. The van der Waals surface area contributed by atoms with Gasteiger partial charge in [-0.3, -0.25) is 9.78 Å². The molecule has 0 N–H and O–H groups in total. The second-order valence-electron chi connectivity index (χ2n) is 6.28. The van der Waals surface area contributed by atoms with E-state index in [0.717, 1.165) is 27.9 Å². The van der Waals surface area contributed by atoms with Crippen LogP contribution in [-0.4, -0.2) is 20.3 Å². The summed E-state index contributed by atoms with van der Waals surface area (Å²) >= 11 is 0. The van der Waals surface area contributed by atoms with Crippen molar-refractivity contribution < 1.29 is 14.7 Å². The highest BCUT2D eigenvalue weighted by atomic mass is 19.1. The van der Waals surface area contributed by atoms with Gasteiger partial charge in [-0.2, -0.15) is 0 Å². The molecule has 5 heteroatoms. The molecule has 0 aliphatic carbocycles. The fraction of sp³-hybridized carbons (Fsp3) is 0.136. The number of fused-ring (bicyclic) bond motifs is 1. The molecule has 4 rings (SSSR count). The number of Topliss-reactive ketones (excluding diaryl/α,β-unsaturated/α-hetero) is 1. The Labute approximate surface area is 161 Å². The summed E-state index contributed by atoms with van der Waals surface area (Å²) in [7, 11) is 1.93. The van der Waals surface area contributed by atoms with E-state index in [2.05, 4.69) is 9.97 Å². The summed E-state index contributed by atoms with van der Waals surface area (Å²) < 4.78 is 47.1. The lowest BCUT2D eigenvalue weighted by molar-refractivity contribution is 0.0988. The number of benzene rings is 2. The average Bonchev–Trinajstić information content (AvgIpc) is 3.09. The summed E-state index contributed by atoms with van der Waals surface area (Å²) in [6.45, 7) is 1.91. The molecule has 0 saturated carbocycles. The maximum Gasteiger partial charge on any atom is 0.171 e. The van der Waals surface area contributed by atoms with Gasteiger partial charge < -0.3 is 4.57 Å². The van der Waals surface area contributed by atoms with Crippen LogP contribution < -0.4 is 0 Å². The molecule has 0 aliphatic rings. The number of nitrogens with zero attached hydrogens (tertiary/aromatic N) is 3. The molecule has 0 unspecified atom stereocenters. The monoisotopic (exact) mass is 363 g/mol. The average molecular weight is 363 g/mol. The minimum Gasteiger partial charge on any atom is -0.331 e. The molecule has 27 heavy (non-hydrogen) atoms. The van der Waals surface area contributed by atoms with E-state index in [4.69, 9.17) is 5.48 Å². The first-order valence-electron chi connectivity index (χ1n) is 10.4. The largest absolute Gasteiger partial charge is 0.331 e. The Balaban J connectivity index is 1.71. The Bertz CT molecular complexity index is 1340. The molecule has 0 fully saturated rings. The summed E-state index contributed by atoms with van der Waals surface area (Å²) in [5.74, 6) is -1.12. The Hall–Kier alpha value is -3.34. The zero-order valence-corrected chi connectivity index (χ0v) is 14.8. The highest BCUT2D eigenvalue weighted by Crippen LogP contribution is 2.25. The smallest absolute Gasteiger partial charge is 0.171 e. The number of carbonyl (C=O) groups excluding carboxylic acids is 1. The van der Waals surface area contributed by atoms with Crippen molar-refractivity contribution in [3.8, 4) is 11.3 Å². The molecule has 4 aromatic rings. The second kappa shape index (κ2) is 6.76. The van der Waals surface area contributed by atoms with Crippen molar-refractivity contribution in [2.24, 2.45) is 7.05 Å². The molecule has 0 aliphatic heterocycles. The van der Waals surface area contributed by atoms with Gasteiger partial charge in [-0.25, -0.2) is 9.37 Å². The third-order valence-corrected chi connectivity index (χ3v) is 4.56. The van der Waals surface area contributed by atoms with Crippen LogP contribution in [0.2, 0.25) is 0 Å². The SMILES string of the molecule is [2H]c1c([2H])c([2H])c(C(=O)Cc2cc3cc(-c4cnc(C)n4C)ccc3cn2)c(F)c1[2H]. The van der Waals surface area contributed by atoms with E-state index in [1.165, 1.54) is 0 Å². The Morgan fingerprint density at radius 1 is 1.15 bits per heavy atom. The standard InChI is InChI=1S/C22H18FN3O/c1-14-24-13-21(26(14)2)15-7-8-16-12-25-18(10-17(16)9-15)11-22(27)19-5-3-4-6-20(19)23/h3-10,12-13H,11H2,1-2H3/i3D,4D,5D,6D. The first-order chi connectivity index (χ1) is 14.7. The van der Waals surface area contributed by atoms with Gasteiger partial charge in [-0.15, -0.1) is 0 Å². The number of aryl methyl sites for hydroxylation is 1. The van der Waals surface area contributed by atoms with Crippen molar-refractivity contribution in [3.05, 3.63) is 83.7 Å². The van der Waals surface area contributed by atoms with Crippen molar-refractivity contribution in [2.75, 3.05) is 0 Å². The lowest BCUT2D eigenvalue weighted by atomic mass is 10.0. The Kier molecular flexibility index (Phi) is 3.24. The van der Waals surface area contributed by atoms with E-state index in [0.29, 0.717) is 5.69 Å². The number of ketones is 1. The summed E-state index contributed by atoms with van der Waals surface area (Å²) in [5, 5.41) is 1.70. The summed E-state index contributed by atoms with van der Waals surface area (Å²) in [6, 6.07) is 4.67. The van der Waals surface area contributed by atoms with Crippen molar-refractivity contribution in [3.63, 3.8) is 0 Å². The normalized spacial score (nSPS) is 13.1. The van der Waals surface area contributed by atoms with Crippen molar-refractivity contribution >= 4 is 16.6 Å². The molecule has 0 atom stereocenters. The van der Waals surface area contributed by atoms with E-state index in [1.54, 1.807) is 18.5 Å². The number of hydrogen-bond donors (Lipinski definition) is 0. The van der Waals surface area contributed by atoms with Crippen LogP contribution in [-0.2, 0) is 13.5 Å². The molecule has 2 heterocycles. The molecule has 0 bridgehead atoms. The van der Waals surface area contributed by atoms with Crippen molar-refractivity contribution in [1.29, 1.82) is 0 Å². The molecule has 134 valence electrons. The summed E-state index contributed by atoms with van der Waals surface area (Å²) in [4.78, 5) is 21.3. The van der Waals surface area contributed by atoms with Gasteiger partial charge in [0.05, 0.1) is 29.4 Å². The first kappa shape index (κ1) is 12.9. The number of rotatable bonds is 4. The van der Waals surface area contributed by atoms with E-state index in [-0.39, 0.29) is 6.42 Å². The first-order valence-corrected chi connectivity index (χ1v) is 8.35. The van der Waals surface area contributed by atoms with Gasteiger partial charge in [0.2, 0.25) is 0 Å². The molecule has 4 nitrogen and oxygen atoms in total. The Morgan fingerprint density at radius 2 is 1.96 bits per heavy atom. The molecule has 0 saturated heterocycles. The maximum absolute atomic E-state index is 14.4. The van der Waals surface area contributed by atoms with Crippen LogP contribution in [0.15, 0.2) is 60.8 Å². The van der Waals surface area contributed by atoms with Crippen LogP contribution in [0.1, 0.15) is 27.4 Å². The summed E-state index contributed by atoms with van der Waals surface area (Å²) in [6.07, 6.45) is 3.12. The van der Waals surface area contributed by atoms with Gasteiger partial charge in [-0.1, -0.05) is 24.2 Å². The van der Waals surface area contributed by atoms with Crippen LogP contribution in [0.4, 0.5) is 4.39 Å². The zero-order chi connectivity index (χ0) is 22.4. The van der Waals surface area contributed by atoms with Gasteiger partial charge >= 0.3 is 0 Å². The molecule has 0 spiro atoms. The topological polar surface area (TPSA) is 47.8 Å². The molecule has 2 aromatic carbocycles. The van der Waals surface area contributed by atoms with Crippen LogP contribution in [0.25, 0.3) is 22.0 Å². The van der Waals surface area contributed by atoms with Crippen molar-refractivity contribution in [2.45, 2.75) is 13.3 Å². The fourth-order valence-corrected chi connectivity index (χ4v) is 2.96. The van der Waals surface area contributed by atoms with Crippen LogP contribution in [0.3, 0.4) is 0 Å². The number of pyridine rings is 1. The minimum atomic E-state index is -1.24. The number of hydrogen-bond acceptors (Lipinski definition) is 3. The maximum atomic E-state index is 14.4. The minimum absolute atomic E-state index is 0.288. The van der Waals surface area contributed by atoms with Gasteiger partial charge in [-0.05, 0) is 36.5 Å². The van der Waals surface area contributed by atoms with E-state index >= 15 is 0 Å². The third-order valence-electron chi connectivity index (χ3n) is 4.56.